The van der Waals surface area contributed by atoms with Crippen molar-refractivity contribution in [1.29, 1.82) is 0 Å². The second-order valence-corrected chi connectivity index (χ2v) is 5.67. The van der Waals surface area contributed by atoms with Gasteiger partial charge in [-0.15, -0.1) is 0 Å². The molecule has 0 radical (unpaired) electrons. The standard InChI is InChI=1S/C12H30N4S3/c1-3-14-11(8-18)5-16-12(9-19)6-15-10(7-17)4-13-2/h10-19H,3-9H2,1-2H3/t10-,11-,12-/m1/s1. The van der Waals surface area contributed by atoms with Gasteiger partial charge in [0, 0.05) is 55.0 Å². The van der Waals surface area contributed by atoms with Gasteiger partial charge in [-0.1, -0.05) is 6.92 Å². The summed E-state index contributed by atoms with van der Waals surface area (Å²) in [7, 11) is 1.96. The molecule has 0 aromatic rings. The predicted molar refractivity (Wildman–Crippen MR) is 96.5 cm³/mol. The molecule has 0 saturated carbocycles. The lowest BCUT2D eigenvalue weighted by Crippen LogP contribution is -2.50. The Morgan fingerprint density at radius 3 is 1.53 bits per heavy atom. The van der Waals surface area contributed by atoms with Crippen molar-refractivity contribution in [3.63, 3.8) is 0 Å². The van der Waals surface area contributed by atoms with E-state index >= 15 is 0 Å². The summed E-state index contributed by atoms with van der Waals surface area (Å²) in [5.74, 6) is 2.49. The second kappa shape index (κ2) is 13.9. The van der Waals surface area contributed by atoms with E-state index < -0.39 is 0 Å². The van der Waals surface area contributed by atoms with Gasteiger partial charge in [0.2, 0.25) is 0 Å². The molecule has 4 N–H and O–H groups in total. The molecule has 0 aliphatic heterocycles. The molecule has 0 rings (SSSR count). The van der Waals surface area contributed by atoms with Crippen molar-refractivity contribution in [2.75, 3.05) is 50.5 Å². The highest BCUT2D eigenvalue weighted by atomic mass is 32.1. The Labute approximate surface area is 134 Å². The summed E-state index contributed by atoms with van der Waals surface area (Å²) < 4.78 is 0. The molecular formula is C12H30N4S3. The number of rotatable bonds is 13. The van der Waals surface area contributed by atoms with Crippen LogP contribution in [-0.2, 0) is 0 Å². The van der Waals surface area contributed by atoms with Gasteiger partial charge in [-0.2, -0.15) is 37.9 Å². The zero-order chi connectivity index (χ0) is 14.5. The van der Waals surface area contributed by atoms with Crippen LogP contribution in [0.15, 0.2) is 0 Å². The number of hydrogen-bond acceptors (Lipinski definition) is 7. The quantitative estimate of drug-likeness (QED) is 0.242. The Morgan fingerprint density at radius 2 is 1.16 bits per heavy atom. The molecule has 7 heteroatoms. The Morgan fingerprint density at radius 1 is 0.737 bits per heavy atom. The first-order valence-corrected chi connectivity index (χ1v) is 8.78. The van der Waals surface area contributed by atoms with Gasteiger partial charge in [-0.05, 0) is 13.6 Å². The molecule has 19 heavy (non-hydrogen) atoms. The highest BCUT2D eigenvalue weighted by Gasteiger charge is 2.12. The van der Waals surface area contributed by atoms with E-state index in [0.717, 1.165) is 43.4 Å². The van der Waals surface area contributed by atoms with Crippen LogP contribution in [0.3, 0.4) is 0 Å². The van der Waals surface area contributed by atoms with E-state index in [1.165, 1.54) is 0 Å². The van der Waals surface area contributed by atoms with Crippen LogP contribution in [0.25, 0.3) is 0 Å². The first-order valence-electron chi connectivity index (χ1n) is 6.89. The lowest BCUT2D eigenvalue weighted by Gasteiger charge is -2.24. The molecule has 3 atom stereocenters. The van der Waals surface area contributed by atoms with Crippen LogP contribution in [0.5, 0.6) is 0 Å². The van der Waals surface area contributed by atoms with Gasteiger partial charge in [-0.3, -0.25) is 0 Å². The molecule has 0 bridgehead atoms. The van der Waals surface area contributed by atoms with Crippen molar-refractivity contribution in [2.45, 2.75) is 25.0 Å². The molecule has 0 aromatic heterocycles. The van der Waals surface area contributed by atoms with Crippen LogP contribution in [0.2, 0.25) is 0 Å². The summed E-state index contributed by atoms with van der Waals surface area (Å²) in [5.41, 5.74) is 0. The van der Waals surface area contributed by atoms with Crippen LogP contribution in [0.1, 0.15) is 6.92 Å². The fourth-order valence-electron chi connectivity index (χ4n) is 1.76. The molecule has 0 aliphatic carbocycles. The van der Waals surface area contributed by atoms with Crippen LogP contribution in [0.4, 0.5) is 0 Å². The molecule has 0 unspecified atom stereocenters. The summed E-state index contributed by atoms with van der Waals surface area (Å²) in [6.45, 7) is 5.84. The molecule has 0 fully saturated rings. The molecule has 116 valence electrons. The molecule has 0 spiro atoms. The van der Waals surface area contributed by atoms with E-state index in [2.05, 4.69) is 66.1 Å². The monoisotopic (exact) mass is 326 g/mol. The summed E-state index contributed by atoms with van der Waals surface area (Å²) in [5, 5.41) is 13.6. The van der Waals surface area contributed by atoms with E-state index in [4.69, 9.17) is 0 Å². The fourth-order valence-corrected chi connectivity index (χ4v) is 2.53. The highest BCUT2D eigenvalue weighted by molar-refractivity contribution is 7.80. The van der Waals surface area contributed by atoms with Crippen molar-refractivity contribution >= 4 is 37.9 Å². The number of hydrogen-bond donors (Lipinski definition) is 7. The fraction of sp³-hybridized carbons (Fsp3) is 1.00. The minimum atomic E-state index is 0.364. The van der Waals surface area contributed by atoms with E-state index in [1.54, 1.807) is 0 Å². The Balaban J connectivity index is 3.92. The maximum absolute atomic E-state index is 4.41. The molecule has 4 nitrogen and oxygen atoms in total. The number of nitrogens with one attached hydrogen (secondary N) is 4. The first-order chi connectivity index (χ1) is 9.21. The molecular weight excluding hydrogens is 296 g/mol. The molecule has 0 amide bonds. The Hall–Kier alpha value is 0.890. The van der Waals surface area contributed by atoms with Crippen LogP contribution >= 0.6 is 37.9 Å². The number of likely N-dealkylation sites (N-methyl/N-ethyl adjacent to an activating group) is 2. The van der Waals surface area contributed by atoms with E-state index in [9.17, 15) is 0 Å². The van der Waals surface area contributed by atoms with Gasteiger partial charge in [-0.25, -0.2) is 0 Å². The van der Waals surface area contributed by atoms with Crippen molar-refractivity contribution in [3.05, 3.63) is 0 Å². The summed E-state index contributed by atoms with van der Waals surface area (Å²) in [4.78, 5) is 0. The third-order valence-corrected chi connectivity index (χ3v) is 4.23. The van der Waals surface area contributed by atoms with Gasteiger partial charge in [0.05, 0.1) is 0 Å². The third kappa shape index (κ3) is 10.3. The Kier molecular flexibility index (Phi) is 14.5. The highest BCUT2D eigenvalue weighted by Crippen LogP contribution is 1.93. The predicted octanol–water partition coefficient (Wildman–Crippen LogP) is -0.110. The molecule has 0 aromatic carbocycles. The van der Waals surface area contributed by atoms with Crippen molar-refractivity contribution in [3.8, 4) is 0 Å². The summed E-state index contributed by atoms with van der Waals surface area (Å²) in [6.07, 6.45) is 0. The minimum absolute atomic E-state index is 0.364. The Bertz CT molecular complexity index is 180. The van der Waals surface area contributed by atoms with Crippen LogP contribution < -0.4 is 21.3 Å². The van der Waals surface area contributed by atoms with Gasteiger partial charge in [0.15, 0.2) is 0 Å². The average molecular weight is 327 g/mol. The van der Waals surface area contributed by atoms with Crippen molar-refractivity contribution < 1.29 is 0 Å². The smallest absolute Gasteiger partial charge is 0.0281 e. The zero-order valence-corrected chi connectivity index (χ0v) is 14.7. The second-order valence-electron chi connectivity index (χ2n) is 4.57. The van der Waals surface area contributed by atoms with E-state index in [0.29, 0.717) is 18.1 Å². The minimum Gasteiger partial charge on any atom is -0.318 e. The lowest BCUT2D eigenvalue weighted by molar-refractivity contribution is 0.434. The van der Waals surface area contributed by atoms with Crippen molar-refractivity contribution in [2.24, 2.45) is 0 Å². The van der Waals surface area contributed by atoms with Gasteiger partial charge < -0.3 is 21.3 Å². The third-order valence-electron chi connectivity index (χ3n) is 2.91. The van der Waals surface area contributed by atoms with Crippen LogP contribution in [-0.4, -0.2) is 68.6 Å². The average Bonchev–Trinajstić information content (AvgIpc) is 2.44. The van der Waals surface area contributed by atoms with E-state index in [1.807, 2.05) is 7.05 Å². The lowest BCUT2D eigenvalue weighted by atomic mass is 10.2. The van der Waals surface area contributed by atoms with Crippen molar-refractivity contribution in [1.82, 2.24) is 21.3 Å². The largest absolute Gasteiger partial charge is 0.318 e. The maximum atomic E-state index is 4.41. The van der Waals surface area contributed by atoms with E-state index in [-0.39, 0.29) is 0 Å². The van der Waals surface area contributed by atoms with Gasteiger partial charge in [0.1, 0.15) is 0 Å². The maximum Gasteiger partial charge on any atom is 0.0281 e. The topological polar surface area (TPSA) is 48.1 Å². The molecule has 0 heterocycles. The number of thiol groups is 3. The summed E-state index contributed by atoms with van der Waals surface area (Å²) in [6, 6.07) is 1.17. The van der Waals surface area contributed by atoms with Crippen LogP contribution in [0, 0.1) is 0 Å². The van der Waals surface area contributed by atoms with Gasteiger partial charge >= 0.3 is 0 Å². The van der Waals surface area contributed by atoms with Gasteiger partial charge in [0.25, 0.3) is 0 Å². The summed E-state index contributed by atoms with van der Waals surface area (Å²) >= 11 is 13.1. The molecule has 0 aliphatic rings. The SMILES string of the molecule is CCN[C@@H](CS)CN[C@@H](CS)CN[C@@H](CS)CNC. The first kappa shape index (κ1) is 19.9. The zero-order valence-electron chi connectivity index (χ0n) is 12.0. The molecule has 0 saturated heterocycles. The normalized spacial score (nSPS) is 16.3.